The first-order valence-corrected chi connectivity index (χ1v) is 6.23. The third-order valence-electron chi connectivity index (χ3n) is 3.23. The Balaban J connectivity index is 2.06. The lowest BCUT2D eigenvalue weighted by Gasteiger charge is -2.19. The van der Waals surface area contributed by atoms with E-state index in [1.54, 1.807) is 0 Å². The van der Waals surface area contributed by atoms with Gasteiger partial charge in [-0.15, -0.1) is 0 Å². The van der Waals surface area contributed by atoms with Gasteiger partial charge in [-0.05, 0) is 49.4 Å². The zero-order valence-electron chi connectivity index (χ0n) is 9.54. The highest BCUT2D eigenvalue weighted by Crippen LogP contribution is 2.33. The van der Waals surface area contributed by atoms with Crippen LogP contribution in [0.15, 0.2) is 18.2 Å². The van der Waals surface area contributed by atoms with E-state index in [4.69, 9.17) is 16.7 Å². The van der Waals surface area contributed by atoms with Gasteiger partial charge in [-0.25, -0.2) is 0 Å². The van der Waals surface area contributed by atoms with Crippen molar-refractivity contribution in [3.8, 4) is 0 Å². The topological polar surface area (TPSA) is 32.3 Å². The highest BCUT2D eigenvalue weighted by Gasteiger charge is 2.23. The van der Waals surface area contributed by atoms with Gasteiger partial charge >= 0.3 is 0 Å². The van der Waals surface area contributed by atoms with Crippen LogP contribution >= 0.6 is 11.6 Å². The Morgan fingerprint density at radius 2 is 2.38 bits per heavy atom. The molecule has 0 heterocycles. The molecule has 0 aliphatic heterocycles. The monoisotopic (exact) mass is 239 g/mol. The van der Waals surface area contributed by atoms with Crippen LogP contribution < -0.4 is 5.32 Å². The summed E-state index contributed by atoms with van der Waals surface area (Å²) < 4.78 is 0. The molecule has 0 spiro atoms. The van der Waals surface area contributed by atoms with Gasteiger partial charge in [0, 0.05) is 23.7 Å². The molecular formula is C13H18ClNO. The Kier molecular flexibility index (Phi) is 3.85. The van der Waals surface area contributed by atoms with Crippen LogP contribution in [0.4, 0.5) is 0 Å². The van der Waals surface area contributed by atoms with Crippen LogP contribution in [-0.2, 0) is 6.42 Å². The van der Waals surface area contributed by atoms with Crippen molar-refractivity contribution < 1.29 is 5.11 Å². The third-order valence-corrected chi connectivity index (χ3v) is 3.47. The minimum atomic E-state index is 0.244. The predicted octanol–water partition coefficient (Wildman–Crippen LogP) is 2.69. The maximum Gasteiger partial charge on any atom is 0.0445 e. The molecule has 88 valence electrons. The number of rotatable bonds is 4. The molecule has 0 amide bonds. The summed E-state index contributed by atoms with van der Waals surface area (Å²) in [4.78, 5) is 0. The number of fused-ring (bicyclic) bond motifs is 1. The van der Waals surface area contributed by atoms with Gasteiger partial charge in [0.1, 0.15) is 0 Å². The van der Waals surface area contributed by atoms with Crippen molar-refractivity contribution in [2.75, 3.05) is 6.61 Å². The fourth-order valence-corrected chi connectivity index (χ4v) is 2.57. The summed E-state index contributed by atoms with van der Waals surface area (Å²) in [6.45, 7) is 2.36. The summed E-state index contributed by atoms with van der Waals surface area (Å²) in [6.07, 6.45) is 3.03. The van der Waals surface area contributed by atoms with Gasteiger partial charge < -0.3 is 10.4 Å². The largest absolute Gasteiger partial charge is 0.396 e. The van der Waals surface area contributed by atoms with Gasteiger partial charge in [0.05, 0.1) is 0 Å². The van der Waals surface area contributed by atoms with Crippen molar-refractivity contribution in [2.24, 2.45) is 0 Å². The smallest absolute Gasteiger partial charge is 0.0445 e. The Morgan fingerprint density at radius 1 is 1.56 bits per heavy atom. The molecule has 1 aromatic carbocycles. The van der Waals surface area contributed by atoms with Crippen molar-refractivity contribution in [3.63, 3.8) is 0 Å². The summed E-state index contributed by atoms with van der Waals surface area (Å²) in [6, 6.07) is 6.92. The highest BCUT2D eigenvalue weighted by atomic mass is 35.5. The molecule has 0 saturated carbocycles. The number of benzene rings is 1. The van der Waals surface area contributed by atoms with Gasteiger partial charge in [0.2, 0.25) is 0 Å². The molecule has 16 heavy (non-hydrogen) atoms. The lowest BCUT2D eigenvalue weighted by molar-refractivity contribution is 0.263. The molecule has 0 aromatic heterocycles. The molecule has 2 N–H and O–H groups in total. The summed E-state index contributed by atoms with van der Waals surface area (Å²) in [5, 5.41) is 13.3. The Hall–Kier alpha value is -0.570. The molecular weight excluding hydrogens is 222 g/mol. The summed E-state index contributed by atoms with van der Waals surface area (Å²) in [5.74, 6) is 0. The molecule has 0 radical (unpaired) electrons. The van der Waals surface area contributed by atoms with Crippen LogP contribution in [0.2, 0.25) is 5.02 Å². The zero-order valence-corrected chi connectivity index (χ0v) is 10.3. The van der Waals surface area contributed by atoms with Gasteiger partial charge in [-0.3, -0.25) is 0 Å². The van der Waals surface area contributed by atoms with Crippen LogP contribution in [-0.4, -0.2) is 17.8 Å². The SMILES string of the molecule is CC(CCO)NC1CCc2cc(Cl)ccc21. The molecule has 0 saturated heterocycles. The van der Waals surface area contributed by atoms with Crippen molar-refractivity contribution in [1.29, 1.82) is 0 Å². The summed E-state index contributed by atoms with van der Waals surface area (Å²) >= 11 is 5.97. The maximum atomic E-state index is 8.88. The van der Waals surface area contributed by atoms with E-state index in [0.717, 1.165) is 24.3 Å². The van der Waals surface area contributed by atoms with Gasteiger partial charge in [0.15, 0.2) is 0 Å². The molecule has 1 aliphatic carbocycles. The first-order valence-electron chi connectivity index (χ1n) is 5.86. The lowest BCUT2D eigenvalue weighted by atomic mass is 10.1. The quantitative estimate of drug-likeness (QED) is 0.847. The standard InChI is InChI=1S/C13H18ClNO/c1-9(6-7-16)15-13-5-2-10-8-11(14)3-4-12(10)13/h3-4,8-9,13,15-16H,2,5-7H2,1H3. The number of halogens is 1. The molecule has 2 rings (SSSR count). The van der Waals surface area contributed by atoms with E-state index >= 15 is 0 Å². The molecule has 1 aliphatic rings. The van der Waals surface area contributed by atoms with E-state index in [2.05, 4.69) is 24.4 Å². The van der Waals surface area contributed by atoms with Crippen LogP contribution in [0.3, 0.4) is 0 Å². The van der Waals surface area contributed by atoms with Gasteiger partial charge in [0.25, 0.3) is 0 Å². The second kappa shape index (κ2) is 5.17. The molecule has 1 aromatic rings. The third kappa shape index (κ3) is 2.57. The van der Waals surface area contributed by atoms with Crippen LogP contribution in [0.5, 0.6) is 0 Å². The molecule has 0 bridgehead atoms. The normalized spacial score (nSPS) is 20.8. The maximum absolute atomic E-state index is 8.88. The average molecular weight is 240 g/mol. The molecule has 0 fully saturated rings. The molecule has 3 heteroatoms. The van der Waals surface area contributed by atoms with Crippen molar-refractivity contribution >= 4 is 11.6 Å². The first-order chi connectivity index (χ1) is 7.70. The number of hydrogen-bond acceptors (Lipinski definition) is 2. The second-order valence-electron chi connectivity index (χ2n) is 4.51. The highest BCUT2D eigenvalue weighted by molar-refractivity contribution is 6.30. The van der Waals surface area contributed by atoms with E-state index in [0.29, 0.717) is 12.1 Å². The Labute approximate surface area is 102 Å². The van der Waals surface area contributed by atoms with Crippen molar-refractivity contribution in [3.05, 3.63) is 34.3 Å². The second-order valence-corrected chi connectivity index (χ2v) is 4.95. The minimum absolute atomic E-state index is 0.244. The fourth-order valence-electron chi connectivity index (χ4n) is 2.38. The van der Waals surface area contributed by atoms with Gasteiger partial charge in [-0.1, -0.05) is 17.7 Å². The first kappa shape index (κ1) is 11.9. The summed E-state index contributed by atoms with van der Waals surface area (Å²) in [5.41, 5.74) is 2.73. The number of aliphatic hydroxyl groups excluding tert-OH is 1. The number of nitrogens with one attached hydrogen (secondary N) is 1. The van der Waals surface area contributed by atoms with Crippen LogP contribution in [0.1, 0.15) is 36.9 Å². The predicted molar refractivity (Wildman–Crippen MR) is 66.8 cm³/mol. The van der Waals surface area contributed by atoms with E-state index in [-0.39, 0.29) is 6.61 Å². The van der Waals surface area contributed by atoms with Crippen LogP contribution in [0.25, 0.3) is 0 Å². The number of aryl methyl sites for hydroxylation is 1. The number of hydrogen-bond donors (Lipinski definition) is 2. The van der Waals surface area contributed by atoms with Crippen molar-refractivity contribution in [1.82, 2.24) is 5.32 Å². The minimum Gasteiger partial charge on any atom is -0.396 e. The van der Waals surface area contributed by atoms with E-state index in [1.165, 1.54) is 11.1 Å². The zero-order chi connectivity index (χ0) is 11.5. The number of aliphatic hydroxyl groups is 1. The molecule has 2 atom stereocenters. The van der Waals surface area contributed by atoms with E-state index in [9.17, 15) is 0 Å². The lowest BCUT2D eigenvalue weighted by Crippen LogP contribution is -2.30. The fraction of sp³-hybridized carbons (Fsp3) is 0.538. The van der Waals surface area contributed by atoms with Crippen molar-refractivity contribution in [2.45, 2.75) is 38.3 Å². The Bertz CT molecular complexity index is 367. The summed E-state index contributed by atoms with van der Waals surface area (Å²) in [7, 11) is 0. The molecule has 2 unspecified atom stereocenters. The van der Waals surface area contributed by atoms with Gasteiger partial charge in [-0.2, -0.15) is 0 Å². The van der Waals surface area contributed by atoms with E-state index in [1.807, 2.05) is 6.07 Å². The Morgan fingerprint density at radius 3 is 3.12 bits per heavy atom. The molecule has 2 nitrogen and oxygen atoms in total. The van der Waals surface area contributed by atoms with E-state index < -0.39 is 0 Å². The average Bonchev–Trinajstić information content (AvgIpc) is 2.61. The van der Waals surface area contributed by atoms with Crippen LogP contribution in [0, 0.1) is 0 Å².